The molecule has 1 saturated carbocycles. The van der Waals surface area contributed by atoms with Crippen molar-refractivity contribution in [3.05, 3.63) is 23.2 Å². The minimum Gasteiger partial charge on any atom is -0.495 e. The molecule has 1 aromatic carbocycles. The first-order chi connectivity index (χ1) is 9.72. The second-order valence-corrected chi connectivity index (χ2v) is 6.29. The summed E-state index contributed by atoms with van der Waals surface area (Å²) in [7, 11) is 1.66. The van der Waals surface area contributed by atoms with Gasteiger partial charge in [-0.2, -0.15) is 0 Å². The zero-order valence-electron chi connectivity index (χ0n) is 12.2. The Hall–Kier alpha value is -0.930. The Labute approximate surface area is 126 Å². The lowest BCUT2D eigenvalue weighted by molar-refractivity contribution is 0.359. The van der Waals surface area contributed by atoms with Gasteiger partial charge in [-0.25, -0.2) is 0 Å². The number of nitrogens with zero attached hydrogens (tertiary/aromatic N) is 1. The zero-order valence-corrected chi connectivity index (χ0v) is 13.0. The third-order valence-electron chi connectivity index (χ3n) is 4.58. The predicted octanol–water partition coefficient (Wildman–Crippen LogP) is 3.32. The molecule has 0 spiro atoms. The fraction of sp³-hybridized carbons (Fsp3) is 0.625. The quantitative estimate of drug-likeness (QED) is 0.922. The molecule has 2 fully saturated rings. The minimum atomic E-state index is 0.550. The largest absolute Gasteiger partial charge is 0.495 e. The van der Waals surface area contributed by atoms with Gasteiger partial charge < -0.3 is 15.0 Å². The van der Waals surface area contributed by atoms with Crippen LogP contribution in [0.5, 0.6) is 5.75 Å². The molecule has 0 bridgehead atoms. The Morgan fingerprint density at radius 2 is 2.20 bits per heavy atom. The van der Waals surface area contributed by atoms with Crippen molar-refractivity contribution in [3.8, 4) is 5.75 Å². The third kappa shape index (κ3) is 2.75. The first-order valence-corrected chi connectivity index (χ1v) is 7.94. The lowest BCUT2D eigenvalue weighted by Crippen LogP contribution is -2.57. The third-order valence-corrected chi connectivity index (χ3v) is 4.87. The number of halogens is 1. The molecule has 0 amide bonds. The van der Waals surface area contributed by atoms with Gasteiger partial charge in [0.05, 0.1) is 12.1 Å². The van der Waals surface area contributed by atoms with Crippen LogP contribution in [0.1, 0.15) is 26.2 Å². The number of hydrogen-bond acceptors (Lipinski definition) is 3. The fourth-order valence-corrected chi connectivity index (χ4v) is 3.40. The van der Waals surface area contributed by atoms with Crippen LogP contribution in [0.2, 0.25) is 5.02 Å². The molecular weight excluding hydrogens is 272 g/mol. The van der Waals surface area contributed by atoms with E-state index in [0.717, 1.165) is 31.2 Å². The average Bonchev–Trinajstić information content (AvgIpc) is 3.31. The molecule has 4 heteroatoms. The molecule has 2 aliphatic rings. The summed E-state index contributed by atoms with van der Waals surface area (Å²) < 4.78 is 5.25. The van der Waals surface area contributed by atoms with Crippen molar-refractivity contribution in [2.24, 2.45) is 5.92 Å². The summed E-state index contributed by atoms with van der Waals surface area (Å²) in [6, 6.07) is 7.33. The molecule has 3 nitrogen and oxygen atoms in total. The topological polar surface area (TPSA) is 24.5 Å². The van der Waals surface area contributed by atoms with Gasteiger partial charge >= 0.3 is 0 Å². The van der Waals surface area contributed by atoms with Crippen molar-refractivity contribution in [1.82, 2.24) is 5.32 Å². The smallest absolute Gasteiger partial charge is 0.137 e. The highest BCUT2D eigenvalue weighted by molar-refractivity contribution is 6.32. The van der Waals surface area contributed by atoms with Crippen molar-refractivity contribution in [1.29, 1.82) is 0 Å². The van der Waals surface area contributed by atoms with E-state index in [2.05, 4.69) is 23.2 Å². The molecule has 0 aromatic heterocycles. The lowest BCUT2D eigenvalue weighted by atomic mass is 10.0. The van der Waals surface area contributed by atoms with E-state index in [1.165, 1.54) is 18.5 Å². The molecule has 3 rings (SSSR count). The van der Waals surface area contributed by atoms with Crippen LogP contribution in [0, 0.1) is 5.92 Å². The Morgan fingerprint density at radius 3 is 2.80 bits per heavy atom. The lowest BCUT2D eigenvalue weighted by Gasteiger charge is -2.42. The van der Waals surface area contributed by atoms with Gasteiger partial charge in [0.15, 0.2) is 0 Å². The number of hydrogen-bond donors (Lipinski definition) is 1. The Bertz CT molecular complexity index is 476. The van der Waals surface area contributed by atoms with E-state index in [4.69, 9.17) is 16.3 Å². The molecule has 1 aromatic rings. The van der Waals surface area contributed by atoms with Gasteiger partial charge in [-0.15, -0.1) is 0 Å². The maximum atomic E-state index is 6.28. The van der Waals surface area contributed by atoms with E-state index in [1.54, 1.807) is 7.11 Å². The van der Waals surface area contributed by atoms with Crippen LogP contribution in [-0.2, 0) is 0 Å². The number of ether oxygens (including phenoxy) is 1. The van der Waals surface area contributed by atoms with E-state index in [9.17, 15) is 0 Å². The van der Waals surface area contributed by atoms with Crippen LogP contribution >= 0.6 is 11.6 Å². The summed E-state index contributed by atoms with van der Waals surface area (Å²) in [6.45, 7) is 4.41. The van der Waals surface area contributed by atoms with E-state index in [1.807, 2.05) is 12.1 Å². The van der Waals surface area contributed by atoms with Gasteiger partial charge in [-0.05, 0) is 43.4 Å². The van der Waals surface area contributed by atoms with Crippen molar-refractivity contribution < 1.29 is 4.74 Å². The van der Waals surface area contributed by atoms with Gasteiger partial charge in [0.1, 0.15) is 5.75 Å². The summed E-state index contributed by atoms with van der Waals surface area (Å²) in [5, 5.41) is 4.42. The second kappa shape index (κ2) is 5.82. The molecule has 1 aliphatic carbocycles. The molecule has 1 N–H and O–H groups in total. The number of rotatable bonds is 4. The molecule has 110 valence electrons. The second-order valence-electron chi connectivity index (χ2n) is 5.89. The van der Waals surface area contributed by atoms with Gasteiger partial charge in [-0.3, -0.25) is 0 Å². The maximum absolute atomic E-state index is 6.28. The van der Waals surface area contributed by atoms with Crippen molar-refractivity contribution in [2.45, 2.75) is 38.3 Å². The predicted molar refractivity (Wildman–Crippen MR) is 83.9 cm³/mol. The molecule has 0 radical (unpaired) electrons. The average molecular weight is 295 g/mol. The van der Waals surface area contributed by atoms with Crippen LogP contribution < -0.4 is 15.0 Å². The van der Waals surface area contributed by atoms with Crippen molar-refractivity contribution >= 4 is 17.3 Å². The summed E-state index contributed by atoms with van der Waals surface area (Å²) in [6.07, 6.45) is 3.91. The Balaban J connectivity index is 1.82. The van der Waals surface area contributed by atoms with Crippen molar-refractivity contribution in [2.75, 3.05) is 25.1 Å². The van der Waals surface area contributed by atoms with Crippen LogP contribution in [-0.4, -0.2) is 32.3 Å². The summed E-state index contributed by atoms with van der Waals surface area (Å²) in [4.78, 5) is 2.52. The first-order valence-electron chi connectivity index (χ1n) is 7.56. The molecule has 20 heavy (non-hydrogen) atoms. The summed E-state index contributed by atoms with van der Waals surface area (Å²) in [5.74, 6) is 1.63. The van der Waals surface area contributed by atoms with Crippen molar-refractivity contribution in [3.63, 3.8) is 0 Å². The minimum absolute atomic E-state index is 0.550. The highest BCUT2D eigenvalue weighted by Crippen LogP contribution is 2.37. The van der Waals surface area contributed by atoms with E-state index < -0.39 is 0 Å². The first kappa shape index (κ1) is 14.0. The van der Waals surface area contributed by atoms with Gasteiger partial charge in [0, 0.05) is 30.9 Å². The highest BCUT2D eigenvalue weighted by Gasteiger charge is 2.36. The molecule has 1 aliphatic heterocycles. The van der Waals surface area contributed by atoms with Crippen LogP contribution in [0.25, 0.3) is 0 Å². The number of anilines is 1. The highest BCUT2D eigenvalue weighted by atomic mass is 35.5. The molecule has 2 unspecified atom stereocenters. The van der Waals surface area contributed by atoms with E-state index in [0.29, 0.717) is 17.1 Å². The van der Waals surface area contributed by atoms with E-state index in [-0.39, 0.29) is 0 Å². The van der Waals surface area contributed by atoms with Gasteiger partial charge in [-0.1, -0.05) is 18.5 Å². The fourth-order valence-electron chi connectivity index (χ4n) is 3.15. The van der Waals surface area contributed by atoms with Crippen LogP contribution in [0.3, 0.4) is 0 Å². The SMILES string of the molecule is CCC1CNC(C2CC2)CN1c1ccc(OC)c(Cl)c1. The maximum Gasteiger partial charge on any atom is 0.137 e. The molecule has 1 saturated heterocycles. The Kier molecular flexibility index (Phi) is 4.08. The van der Waals surface area contributed by atoms with Crippen LogP contribution in [0.4, 0.5) is 5.69 Å². The molecule has 1 heterocycles. The number of methoxy groups -OCH3 is 1. The monoisotopic (exact) mass is 294 g/mol. The zero-order chi connectivity index (χ0) is 14.1. The number of benzene rings is 1. The van der Waals surface area contributed by atoms with Crippen LogP contribution in [0.15, 0.2) is 18.2 Å². The molecule has 2 atom stereocenters. The summed E-state index contributed by atoms with van der Waals surface area (Å²) in [5.41, 5.74) is 1.22. The number of nitrogens with one attached hydrogen (secondary N) is 1. The van der Waals surface area contributed by atoms with Gasteiger partial charge in [0.25, 0.3) is 0 Å². The standard InChI is InChI=1S/C16H23ClN2O/c1-3-12-9-18-15(11-4-5-11)10-19(12)13-6-7-16(20-2)14(17)8-13/h6-8,11-12,15,18H,3-5,9-10H2,1-2H3. The number of piperazine rings is 1. The van der Waals surface area contributed by atoms with E-state index >= 15 is 0 Å². The normalized spacial score (nSPS) is 26.6. The molecular formula is C16H23ClN2O. The Morgan fingerprint density at radius 1 is 1.40 bits per heavy atom. The summed E-state index contributed by atoms with van der Waals surface area (Å²) >= 11 is 6.28. The van der Waals surface area contributed by atoms with Gasteiger partial charge in [0.2, 0.25) is 0 Å².